The van der Waals surface area contributed by atoms with E-state index in [9.17, 15) is 13.2 Å². The topological polar surface area (TPSA) is 70.1 Å². The van der Waals surface area contributed by atoms with Gasteiger partial charge in [0.1, 0.15) is 10.9 Å². The fraction of sp³-hybridized carbons (Fsp3) is 0.364. The second-order valence-electron chi connectivity index (χ2n) is 7.60. The molecule has 0 radical (unpaired) electrons. The van der Waals surface area contributed by atoms with Gasteiger partial charge in [-0.3, -0.25) is 4.79 Å². The third-order valence-corrected chi connectivity index (χ3v) is 6.97. The highest BCUT2D eigenvalue weighted by atomic mass is 32.2. The van der Waals surface area contributed by atoms with Crippen LogP contribution < -0.4 is 0 Å². The van der Waals surface area contributed by atoms with E-state index in [1.54, 1.807) is 36.2 Å². The molecule has 1 saturated heterocycles. The first kappa shape index (κ1) is 19.6. The molecule has 0 saturated carbocycles. The molecule has 152 valence electrons. The Morgan fingerprint density at radius 1 is 1.14 bits per heavy atom. The van der Waals surface area contributed by atoms with Gasteiger partial charge in [0.15, 0.2) is 5.84 Å². The summed E-state index contributed by atoms with van der Waals surface area (Å²) < 4.78 is 28.8. The van der Waals surface area contributed by atoms with Crippen molar-refractivity contribution in [1.82, 2.24) is 9.80 Å². The van der Waals surface area contributed by atoms with Crippen LogP contribution in [0, 0.1) is 0 Å². The number of amidine groups is 1. The lowest BCUT2D eigenvalue weighted by Crippen LogP contribution is -2.46. The monoisotopic (exact) mass is 411 g/mol. The summed E-state index contributed by atoms with van der Waals surface area (Å²) in [4.78, 5) is 17.0. The van der Waals surface area contributed by atoms with E-state index in [-0.39, 0.29) is 10.8 Å². The molecule has 0 bridgehead atoms. The number of rotatable bonds is 4. The van der Waals surface area contributed by atoms with Gasteiger partial charge in [-0.1, -0.05) is 43.3 Å². The van der Waals surface area contributed by atoms with Crippen LogP contribution in [0.5, 0.6) is 0 Å². The summed E-state index contributed by atoms with van der Waals surface area (Å²) in [5.41, 5.74) is 2.93. The number of nitrogens with zero attached hydrogens (tertiary/aromatic N) is 3. The van der Waals surface area contributed by atoms with Crippen LogP contribution in [0.3, 0.4) is 0 Å². The number of hydrogen-bond donors (Lipinski definition) is 0. The standard InChI is InChI=1S/C22H25N3O3S/c1-3-16-10-12-17(13-11-16)15-24(2)22(26)19-8-6-14-25(19)21-18-7-4-5-9-20(18)29(27,28)23-21/h4-5,7,9-13,19H,3,6,8,14-15H2,1-2H3/t19-/m0/s1. The number of sulfonamides is 1. The van der Waals surface area contributed by atoms with Gasteiger partial charge in [0, 0.05) is 25.7 Å². The first-order valence-electron chi connectivity index (χ1n) is 9.94. The third kappa shape index (κ3) is 3.67. The molecule has 2 aliphatic rings. The minimum absolute atomic E-state index is 0.00783. The molecule has 1 atom stereocenters. The fourth-order valence-corrected chi connectivity index (χ4v) is 5.28. The first-order chi connectivity index (χ1) is 13.9. The molecule has 0 unspecified atom stereocenters. The highest BCUT2D eigenvalue weighted by Gasteiger charge is 2.40. The number of aryl methyl sites for hydroxylation is 1. The van der Waals surface area contributed by atoms with Gasteiger partial charge in [0.2, 0.25) is 5.91 Å². The van der Waals surface area contributed by atoms with Gasteiger partial charge >= 0.3 is 0 Å². The van der Waals surface area contributed by atoms with E-state index in [0.29, 0.717) is 30.9 Å². The van der Waals surface area contributed by atoms with Crippen LogP contribution in [0.15, 0.2) is 57.8 Å². The predicted octanol–water partition coefficient (Wildman–Crippen LogP) is 2.82. The van der Waals surface area contributed by atoms with Crippen molar-refractivity contribution in [2.24, 2.45) is 4.40 Å². The Kier molecular flexibility index (Phi) is 5.17. The van der Waals surface area contributed by atoms with Crippen LogP contribution in [0.4, 0.5) is 0 Å². The number of benzene rings is 2. The zero-order chi connectivity index (χ0) is 20.6. The number of hydrogen-bond acceptors (Lipinski definition) is 4. The smallest absolute Gasteiger partial charge is 0.285 e. The zero-order valence-corrected chi connectivity index (χ0v) is 17.5. The molecule has 0 N–H and O–H groups in total. The average Bonchev–Trinajstić information content (AvgIpc) is 3.31. The number of fused-ring (bicyclic) bond motifs is 1. The molecule has 4 rings (SSSR count). The number of likely N-dealkylation sites (tertiary alicyclic amines) is 1. The maximum Gasteiger partial charge on any atom is 0.285 e. The van der Waals surface area contributed by atoms with Gasteiger partial charge in [-0.2, -0.15) is 8.42 Å². The number of carbonyl (C=O) groups excluding carboxylic acids is 1. The van der Waals surface area contributed by atoms with Crippen LogP contribution in [-0.4, -0.2) is 49.6 Å². The molecular formula is C22H25N3O3S. The fourth-order valence-electron chi connectivity index (χ4n) is 4.06. The molecule has 2 aliphatic heterocycles. The van der Waals surface area contributed by atoms with E-state index >= 15 is 0 Å². The van der Waals surface area contributed by atoms with Crippen molar-refractivity contribution in [3.63, 3.8) is 0 Å². The number of carbonyl (C=O) groups is 1. The molecule has 2 aromatic carbocycles. The maximum absolute atomic E-state index is 13.2. The molecular weight excluding hydrogens is 386 g/mol. The Balaban J connectivity index is 1.54. The van der Waals surface area contributed by atoms with Gasteiger partial charge in [0.25, 0.3) is 10.0 Å². The first-order valence-corrected chi connectivity index (χ1v) is 11.4. The minimum Gasteiger partial charge on any atom is -0.343 e. The highest BCUT2D eigenvalue weighted by molar-refractivity contribution is 7.90. The molecule has 6 nitrogen and oxygen atoms in total. The van der Waals surface area contributed by atoms with E-state index in [0.717, 1.165) is 18.4 Å². The molecule has 1 amide bonds. The van der Waals surface area contributed by atoms with Crippen LogP contribution in [0.2, 0.25) is 0 Å². The van der Waals surface area contributed by atoms with E-state index < -0.39 is 16.1 Å². The second-order valence-corrected chi connectivity index (χ2v) is 9.17. The summed E-state index contributed by atoms with van der Waals surface area (Å²) in [6, 6.07) is 14.7. The molecule has 1 fully saturated rings. The predicted molar refractivity (Wildman–Crippen MR) is 112 cm³/mol. The van der Waals surface area contributed by atoms with Crippen molar-refractivity contribution in [3.8, 4) is 0 Å². The number of likely N-dealkylation sites (N-methyl/N-ethyl adjacent to an activating group) is 1. The normalized spacial score (nSPS) is 19.7. The summed E-state index contributed by atoms with van der Waals surface area (Å²) in [5.74, 6) is 0.392. The van der Waals surface area contributed by atoms with Crippen LogP contribution in [-0.2, 0) is 27.8 Å². The minimum atomic E-state index is -3.70. The molecule has 0 spiro atoms. The Hall–Kier alpha value is -2.67. The van der Waals surface area contributed by atoms with Crippen molar-refractivity contribution in [1.29, 1.82) is 0 Å². The molecule has 0 aromatic heterocycles. The van der Waals surface area contributed by atoms with Gasteiger partial charge in [0.05, 0.1) is 0 Å². The largest absolute Gasteiger partial charge is 0.343 e. The Morgan fingerprint density at radius 2 is 1.83 bits per heavy atom. The maximum atomic E-state index is 13.2. The van der Waals surface area contributed by atoms with Crippen molar-refractivity contribution in [2.75, 3.05) is 13.6 Å². The van der Waals surface area contributed by atoms with Gasteiger partial charge in [-0.25, -0.2) is 0 Å². The van der Waals surface area contributed by atoms with Crippen LogP contribution in [0.25, 0.3) is 0 Å². The molecule has 2 aromatic rings. The zero-order valence-electron chi connectivity index (χ0n) is 16.7. The average molecular weight is 412 g/mol. The molecule has 29 heavy (non-hydrogen) atoms. The van der Waals surface area contributed by atoms with Crippen molar-refractivity contribution < 1.29 is 13.2 Å². The molecule has 0 aliphatic carbocycles. The molecule has 2 heterocycles. The summed E-state index contributed by atoms with van der Waals surface area (Å²) in [7, 11) is -1.90. The van der Waals surface area contributed by atoms with E-state index in [2.05, 4.69) is 35.6 Å². The Labute approximate surface area is 171 Å². The van der Waals surface area contributed by atoms with Gasteiger partial charge in [-0.05, 0) is 42.5 Å². The van der Waals surface area contributed by atoms with Crippen molar-refractivity contribution >= 4 is 21.8 Å². The third-order valence-electron chi connectivity index (χ3n) is 5.65. The Morgan fingerprint density at radius 3 is 2.55 bits per heavy atom. The van der Waals surface area contributed by atoms with Crippen molar-refractivity contribution in [2.45, 2.75) is 43.7 Å². The lowest BCUT2D eigenvalue weighted by atomic mass is 10.1. The van der Waals surface area contributed by atoms with Gasteiger partial charge < -0.3 is 9.80 Å². The molecule has 7 heteroatoms. The SMILES string of the molecule is CCc1ccc(CN(C)C(=O)[C@@H]2CCCN2C2=NS(=O)(=O)c3ccccc32)cc1. The van der Waals surface area contributed by atoms with E-state index in [4.69, 9.17) is 0 Å². The lowest BCUT2D eigenvalue weighted by Gasteiger charge is -2.29. The summed E-state index contributed by atoms with van der Waals surface area (Å²) in [5, 5.41) is 0. The quantitative estimate of drug-likeness (QED) is 0.776. The summed E-state index contributed by atoms with van der Waals surface area (Å²) >= 11 is 0. The van der Waals surface area contributed by atoms with Gasteiger partial charge in [-0.15, -0.1) is 4.40 Å². The highest BCUT2D eigenvalue weighted by Crippen LogP contribution is 2.31. The van der Waals surface area contributed by atoms with E-state index in [1.165, 1.54) is 5.56 Å². The van der Waals surface area contributed by atoms with E-state index in [1.807, 2.05) is 4.90 Å². The van der Waals surface area contributed by atoms with Crippen LogP contribution >= 0.6 is 0 Å². The second kappa shape index (κ2) is 7.63. The lowest BCUT2D eigenvalue weighted by molar-refractivity contribution is -0.134. The Bertz CT molecular complexity index is 1060. The van der Waals surface area contributed by atoms with Crippen molar-refractivity contribution in [3.05, 3.63) is 65.2 Å². The summed E-state index contributed by atoms with van der Waals surface area (Å²) in [6.07, 6.45) is 2.51. The number of amides is 1. The summed E-state index contributed by atoms with van der Waals surface area (Å²) in [6.45, 7) is 3.26. The van der Waals surface area contributed by atoms with Crippen LogP contribution in [0.1, 0.15) is 36.5 Å².